The molecule has 0 radical (unpaired) electrons. The zero-order valence-electron chi connectivity index (χ0n) is 28.4. The summed E-state index contributed by atoms with van der Waals surface area (Å²) in [5.41, 5.74) is 5.02. The quantitative estimate of drug-likeness (QED) is 0.231. The second kappa shape index (κ2) is 13.0. The molecule has 2 unspecified atom stereocenters. The van der Waals surface area contributed by atoms with Crippen LogP contribution in [0.5, 0.6) is 5.75 Å². The third kappa shape index (κ3) is 6.42. The molecule has 2 atom stereocenters. The van der Waals surface area contributed by atoms with Gasteiger partial charge in [-0.15, -0.1) is 11.3 Å². The number of piperidine rings is 2. The van der Waals surface area contributed by atoms with Gasteiger partial charge in [0.05, 0.1) is 11.1 Å². The van der Waals surface area contributed by atoms with E-state index in [4.69, 9.17) is 14.5 Å². The smallest absolute Gasteiger partial charge is 0.313 e. The van der Waals surface area contributed by atoms with Gasteiger partial charge in [-0.1, -0.05) is 24.6 Å². The number of fused-ring (bicyclic) bond motifs is 2. The molecule has 1 amide bonds. The first-order chi connectivity index (χ1) is 22.0. The van der Waals surface area contributed by atoms with Gasteiger partial charge in [0.1, 0.15) is 18.0 Å². The van der Waals surface area contributed by atoms with E-state index in [1.807, 2.05) is 49.9 Å². The summed E-state index contributed by atoms with van der Waals surface area (Å²) >= 11 is 1.66. The third-order valence-electron chi connectivity index (χ3n) is 10.4. The Morgan fingerprint density at radius 3 is 2.37 bits per heavy atom. The van der Waals surface area contributed by atoms with E-state index in [0.717, 1.165) is 103 Å². The van der Waals surface area contributed by atoms with Crippen LogP contribution < -0.4 is 9.64 Å². The molecule has 2 saturated heterocycles. The number of esters is 1. The normalized spacial score (nSPS) is 23.0. The van der Waals surface area contributed by atoms with E-state index in [1.54, 1.807) is 11.3 Å². The van der Waals surface area contributed by atoms with Crippen LogP contribution in [0.1, 0.15) is 93.3 Å². The van der Waals surface area contributed by atoms with E-state index in [-0.39, 0.29) is 23.7 Å². The molecule has 1 saturated carbocycles. The van der Waals surface area contributed by atoms with E-state index >= 15 is 0 Å². The van der Waals surface area contributed by atoms with E-state index in [1.165, 1.54) is 6.42 Å². The molecule has 1 aromatic heterocycles. The predicted molar refractivity (Wildman–Crippen MR) is 185 cm³/mol. The van der Waals surface area contributed by atoms with Gasteiger partial charge < -0.3 is 19.3 Å². The molecule has 246 valence electrons. The Morgan fingerprint density at radius 2 is 1.72 bits per heavy atom. The van der Waals surface area contributed by atoms with E-state index in [2.05, 4.69) is 43.2 Å². The van der Waals surface area contributed by atoms with Crippen LogP contribution in [-0.4, -0.2) is 53.5 Å². The van der Waals surface area contributed by atoms with Crippen molar-refractivity contribution in [3.63, 3.8) is 0 Å². The molecule has 3 fully saturated rings. The molecule has 2 aromatic carbocycles. The first-order valence-corrected chi connectivity index (χ1v) is 17.9. The topological polar surface area (TPSA) is 72.0 Å². The number of amides is 1. The van der Waals surface area contributed by atoms with Crippen molar-refractivity contribution in [1.82, 2.24) is 9.88 Å². The first-order valence-electron chi connectivity index (χ1n) is 17.0. The summed E-state index contributed by atoms with van der Waals surface area (Å²) in [6, 6.07) is 12.2. The first kappa shape index (κ1) is 32.5. The van der Waals surface area contributed by atoms with Crippen LogP contribution >= 0.6 is 11.3 Å². The van der Waals surface area contributed by atoms with Crippen LogP contribution in [0.2, 0.25) is 0 Å². The van der Waals surface area contributed by atoms with Crippen molar-refractivity contribution in [2.45, 2.75) is 92.3 Å². The largest absolute Gasteiger partial charge is 0.488 e. The van der Waals surface area contributed by atoms with Gasteiger partial charge in [0.15, 0.2) is 5.13 Å². The van der Waals surface area contributed by atoms with Crippen LogP contribution in [0, 0.1) is 31.1 Å². The van der Waals surface area contributed by atoms with Gasteiger partial charge in [0.2, 0.25) is 0 Å². The minimum atomic E-state index is -0.484. The summed E-state index contributed by atoms with van der Waals surface area (Å²) in [4.78, 5) is 36.1. The molecule has 3 aliphatic rings. The number of aromatic nitrogens is 1. The summed E-state index contributed by atoms with van der Waals surface area (Å²) in [6.07, 6.45) is 6.29. The van der Waals surface area contributed by atoms with Crippen molar-refractivity contribution in [3.05, 3.63) is 64.0 Å². The number of nitrogens with zero attached hydrogens (tertiary/aromatic N) is 3. The Morgan fingerprint density at radius 1 is 1.00 bits per heavy atom. The molecule has 2 bridgehead atoms. The SMILES string of the molecule is CCC1(C(=O)OC(C)(C)C)C2CCC1CN(c1nc(-c3cc(C)ccc3OCc3ccc(C(=O)N4CCCCC4)cc3C)cs1)C2. The fourth-order valence-electron chi connectivity index (χ4n) is 7.88. The highest BCUT2D eigenvalue weighted by Gasteiger charge is 2.59. The van der Waals surface area contributed by atoms with Crippen molar-refractivity contribution in [3.8, 4) is 17.0 Å². The average molecular weight is 644 g/mol. The molecule has 7 nitrogen and oxygen atoms in total. The van der Waals surface area contributed by atoms with Gasteiger partial charge in [-0.25, -0.2) is 4.98 Å². The summed E-state index contributed by atoms with van der Waals surface area (Å²) in [5, 5.41) is 3.12. The number of rotatable bonds is 8. The number of anilines is 1. The lowest BCUT2D eigenvalue weighted by Gasteiger charge is -2.46. The van der Waals surface area contributed by atoms with Gasteiger partial charge in [-0.05, 0) is 120 Å². The number of thiazole rings is 1. The van der Waals surface area contributed by atoms with Crippen molar-refractivity contribution >= 4 is 28.3 Å². The Labute approximate surface area is 278 Å². The number of carbonyl (C=O) groups excluding carboxylic acids is 2. The van der Waals surface area contributed by atoms with Gasteiger partial charge in [-0.3, -0.25) is 9.59 Å². The van der Waals surface area contributed by atoms with Crippen LogP contribution in [0.25, 0.3) is 11.3 Å². The maximum Gasteiger partial charge on any atom is 0.313 e. The van der Waals surface area contributed by atoms with Gasteiger partial charge in [0.25, 0.3) is 5.91 Å². The molecule has 2 aliphatic heterocycles. The Balaban J connectivity index is 1.16. The van der Waals surface area contributed by atoms with Crippen molar-refractivity contribution in [1.29, 1.82) is 0 Å². The lowest BCUT2D eigenvalue weighted by molar-refractivity contribution is -0.174. The van der Waals surface area contributed by atoms with E-state index in [0.29, 0.717) is 6.61 Å². The summed E-state index contributed by atoms with van der Waals surface area (Å²) < 4.78 is 12.4. The fraction of sp³-hybridized carbons (Fsp3) is 0.553. The maximum absolute atomic E-state index is 13.5. The highest BCUT2D eigenvalue weighted by atomic mass is 32.1. The molecule has 0 spiro atoms. The molecule has 8 heteroatoms. The minimum Gasteiger partial charge on any atom is -0.488 e. The molecular weight excluding hydrogens is 595 g/mol. The summed E-state index contributed by atoms with van der Waals surface area (Å²) in [5.74, 6) is 1.43. The van der Waals surface area contributed by atoms with Gasteiger partial charge >= 0.3 is 5.97 Å². The van der Waals surface area contributed by atoms with Crippen LogP contribution in [0.4, 0.5) is 5.13 Å². The number of benzene rings is 2. The van der Waals surface area contributed by atoms with Crippen LogP contribution in [-0.2, 0) is 16.1 Å². The summed E-state index contributed by atoms with van der Waals surface area (Å²) in [7, 11) is 0. The van der Waals surface area contributed by atoms with Gasteiger partial charge in [-0.2, -0.15) is 0 Å². The van der Waals surface area contributed by atoms with Crippen molar-refractivity contribution in [2.75, 3.05) is 31.1 Å². The monoisotopic (exact) mass is 643 g/mol. The van der Waals surface area contributed by atoms with E-state index in [9.17, 15) is 9.59 Å². The molecule has 6 rings (SSSR count). The number of hydrogen-bond donors (Lipinski definition) is 0. The lowest BCUT2D eigenvalue weighted by Crippen LogP contribution is -2.54. The van der Waals surface area contributed by atoms with Crippen molar-refractivity contribution in [2.24, 2.45) is 17.3 Å². The second-order valence-corrected chi connectivity index (χ2v) is 15.4. The summed E-state index contributed by atoms with van der Waals surface area (Å²) in [6.45, 7) is 15.9. The molecule has 46 heavy (non-hydrogen) atoms. The minimum absolute atomic E-state index is 0.0190. The number of carbonyl (C=O) groups is 2. The zero-order chi connectivity index (χ0) is 32.6. The lowest BCUT2D eigenvalue weighted by atomic mass is 9.67. The standard InChI is InChI=1S/C38H49N3O4S/c1-7-38(35(43)45-37(4,5)6)29-14-15-30(38)22-41(21-29)36-39-32(24-46-36)31-19-25(2)11-16-33(31)44-23-28-13-12-27(20-26(28)3)34(42)40-17-9-8-10-18-40/h11-13,16,19-20,24,29-30H,7-10,14-15,17-18,21-23H2,1-6H3. The highest BCUT2D eigenvalue weighted by molar-refractivity contribution is 7.14. The van der Waals surface area contributed by atoms with Crippen LogP contribution in [0.3, 0.4) is 0 Å². The second-order valence-electron chi connectivity index (χ2n) is 14.6. The highest BCUT2D eigenvalue weighted by Crippen LogP contribution is 2.55. The Kier molecular flexibility index (Phi) is 9.21. The average Bonchev–Trinajstić information content (AvgIpc) is 3.59. The number of hydrogen-bond acceptors (Lipinski definition) is 7. The zero-order valence-corrected chi connectivity index (χ0v) is 29.2. The number of ether oxygens (including phenoxy) is 2. The Hall–Kier alpha value is -3.39. The number of aryl methyl sites for hydroxylation is 2. The van der Waals surface area contributed by atoms with Gasteiger partial charge in [0, 0.05) is 42.7 Å². The molecule has 3 heterocycles. The Bertz CT molecular complexity index is 1570. The van der Waals surface area contributed by atoms with E-state index < -0.39 is 11.0 Å². The number of likely N-dealkylation sites (tertiary alicyclic amines) is 1. The fourth-order valence-corrected chi connectivity index (χ4v) is 8.73. The van der Waals surface area contributed by atoms with Crippen LogP contribution in [0.15, 0.2) is 41.8 Å². The predicted octanol–water partition coefficient (Wildman–Crippen LogP) is 8.22. The molecular formula is C38H49N3O4S. The van der Waals surface area contributed by atoms with Crippen molar-refractivity contribution < 1.29 is 19.1 Å². The molecule has 3 aromatic rings. The molecule has 0 N–H and O–H groups in total. The third-order valence-corrected chi connectivity index (χ3v) is 11.3. The molecule has 1 aliphatic carbocycles. The maximum atomic E-state index is 13.5.